The maximum absolute atomic E-state index is 9.51. The van der Waals surface area contributed by atoms with Gasteiger partial charge in [0.15, 0.2) is 17.5 Å². The number of rotatable bonds is 6. The average Bonchev–Trinajstić information content (AvgIpc) is 4.19. The molecule has 3 heterocycles. The van der Waals surface area contributed by atoms with Gasteiger partial charge in [0, 0.05) is 43.9 Å². The van der Waals surface area contributed by atoms with Crippen molar-refractivity contribution >= 4 is 43.7 Å². The minimum absolute atomic E-state index is 0.0517. The highest BCUT2D eigenvalue weighted by Gasteiger charge is 2.17. The number of aromatic nitrogens is 4. The summed E-state index contributed by atoms with van der Waals surface area (Å²) in [6.45, 7) is 0. The first-order chi connectivity index (χ1) is 36.1. The van der Waals surface area contributed by atoms with E-state index >= 15 is 0 Å². The number of hydrogen-bond donors (Lipinski definition) is 0. The Morgan fingerprint density at radius 3 is 1.79 bits per heavy atom. The zero-order chi connectivity index (χ0) is 54.4. The van der Waals surface area contributed by atoms with Gasteiger partial charge in [-0.05, 0) is 64.6 Å². The monoisotopic (exact) mass is 736 g/mol. The van der Waals surface area contributed by atoms with E-state index in [1.807, 2.05) is 0 Å². The van der Waals surface area contributed by atoms with Crippen molar-refractivity contribution in [3.8, 4) is 62.1 Å². The largest absolute Gasteiger partial charge is 0.456 e. The number of para-hydroxylation sites is 2. The van der Waals surface area contributed by atoms with Crippen LogP contribution in [0, 0.1) is 0 Å². The third-order valence-corrected chi connectivity index (χ3v) is 9.25. The molecule has 0 saturated heterocycles. The molecule has 0 fully saturated rings. The molecule has 0 aliphatic carbocycles. The van der Waals surface area contributed by atoms with Gasteiger partial charge in [0.05, 0.1) is 38.4 Å². The van der Waals surface area contributed by atoms with Gasteiger partial charge < -0.3 is 8.98 Å². The fourth-order valence-corrected chi connectivity index (χ4v) is 6.69. The summed E-state index contributed by atoms with van der Waals surface area (Å²) >= 11 is 0. The SMILES string of the molecule is [2H]c1ccc(-c2ccc(-c3nc(-c4ccccc4)nc(-c4c([2H])c([2H])c5c(oc6c([2H])c([2H])c([2H])c(-c7c([2H])c([2H])c([2H])c([2H])c7[2H])c65)c4[2H])n3)cc2)cc1-n1c2c([2H])c([2H])c([2H])c([2H])c2c2c([2H])c([2H])c([2H])c([2H])c21. The van der Waals surface area contributed by atoms with Crippen molar-refractivity contribution in [1.82, 2.24) is 19.5 Å². The van der Waals surface area contributed by atoms with Crippen molar-refractivity contribution in [3.05, 3.63) is 194 Å². The number of furan rings is 1. The van der Waals surface area contributed by atoms with Crippen molar-refractivity contribution in [2.45, 2.75) is 0 Å². The predicted molar refractivity (Wildman–Crippen MR) is 229 cm³/mol. The summed E-state index contributed by atoms with van der Waals surface area (Å²) in [6.07, 6.45) is 0. The quantitative estimate of drug-likeness (QED) is 0.171. The lowest BCUT2D eigenvalue weighted by Crippen LogP contribution is -2.00. The van der Waals surface area contributed by atoms with Crippen LogP contribution in [0.25, 0.3) is 106 Å². The molecule has 0 unspecified atom stereocenters. The highest BCUT2D eigenvalue weighted by molar-refractivity contribution is 6.13. The van der Waals surface area contributed by atoms with Gasteiger partial charge in [-0.3, -0.25) is 0 Å². The Kier molecular flexibility index (Phi) is 4.12. The van der Waals surface area contributed by atoms with Gasteiger partial charge in [-0.2, -0.15) is 0 Å². The van der Waals surface area contributed by atoms with E-state index < -0.39 is 132 Å². The van der Waals surface area contributed by atoms with Gasteiger partial charge in [0.25, 0.3) is 0 Å². The maximum atomic E-state index is 9.51. The summed E-state index contributed by atoms with van der Waals surface area (Å²) in [5, 5.41) is -0.804. The topological polar surface area (TPSA) is 56.7 Å². The Morgan fingerprint density at radius 1 is 0.429 bits per heavy atom. The summed E-state index contributed by atoms with van der Waals surface area (Å²) in [5.74, 6) is -0.0844. The Labute approximate surface area is 350 Å². The molecule has 0 amide bonds. The molecule has 0 radical (unpaired) electrons. The number of nitrogens with zero attached hydrogens (tertiary/aromatic N) is 4. The van der Waals surface area contributed by atoms with Gasteiger partial charge >= 0.3 is 0 Å². The first-order valence-corrected chi connectivity index (χ1v) is 17.1. The van der Waals surface area contributed by atoms with Crippen LogP contribution in [0.3, 0.4) is 0 Å². The zero-order valence-corrected chi connectivity index (χ0v) is 28.6. The maximum Gasteiger partial charge on any atom is 0.164 e. The fraction of sp³-hybridized carbons (Fsp3) is 0. The minimum Gasteiger partial charge on any atom is -0.456 e. The summed E-state index contributed by atoms with van der Waals surface area (Å²) in [4.78, 5) is 14.1. The Bertz CT molecular complexity index is 4300. The van der Waals surface area contributed by atoms with Crippen molar-refractivity contribution < 1.29 is 31.8 Å². The summed E-state index contributed by atoms with van der Waals surface area (Å²) < 4.78 is 182. The molecule has 0 aliphatic rings. The van der Waals surface area contributed by atoms with Gasteiger partial charge in [0.2, 0.25) is 0 Å². The van der Waals surface area contributed by atoms with Crippen LogP contribution in [0.1, 0.15) is 27.4 Å². The van der Waals surface area contributed by atoms with Crippen LogP contribution in [-0.4, -0.2) is 19.5 Å². The molecule has 3 aromatic heterocycles. The summed E-state index contributed by atoms with van der Waals surface area (Å²) in [6, 6.07) is 8.15. The highest BCUT2D eigenvalue weighted by Crippen LogP contribution is 2.39. The van der Waals surface area contributed by atoms with Crippen molar-refractivity contribution in [2.24, 2.45) is 0 Å². The Balaban J connectivity index is 1.08. The molecule has 11 rings (SSSR count). The molecule has 0 bridgehead atoms. The van der Waals surface area contributed by atoms with Crippen molar-refractivity contribution in [2.75, 3.05) is 0 Å². The van der Waals surface area contributed by atoms with Crippen LogP contribution in [0.15, 0.2) is 198 Å². The lowest BCUT2D eigenvalue weighted by molar-refractivity contribution is 0.669. The van der Waals surface area contributed by atoms with Crippen LogP contribution in [0.2, 0.25) is 0 Å². The standard InChI is InChI=1S/C51H32N4O/c1-3-13-34(14-4-1)40-21-12-24-46-48(40)43-30-29-38(32-47(43)56-46)51-53-49(35-15-5-2-6-16-35)52-50(54-51)36-27-25-33(26-28-36)37-17-11-18-39(31-37)55-44-22-9-7-19-41(44)42-20-8-10-23-45(42)55/h1-32H/i1D,3D,4D,7D,8D,9D,10D,12D,13D,14D,18D,19D,20D,21D,22D,23D,24D,29D,30D,32D. The predicted octanol–water partition coefficient (Wildman–Crippen LogP) is 13.2. The molecular formula is C51H32N4O. The smallest absolute Gasteiger partial charge is 0.164 e. The molecule has 0 spiro atoms. The highest BCUT2D eigenvalue weighted by atomic mass is 16.3. The molecule has 11 aromatic rings. The number of benzene rings is 8. The van der Waals surface area contributed by atoms with Crippen LogP contribution in [0.5, 0.6) is 0 Å². The molecular weight excluding hydrogens is 685 g/mol. The van der Waals surface area contributed by atoms with Crippen LogP contribution in [-0.2, 0) is 0 Å². The van der Waals surface area contributed by atoms with Crippen molar-refractivity contribution in [3.63, 3.8) is 0 Å². The zero-order valence-electron chi connectivity index (χ0n) is 48.6. The van der Waals surface area contributed by atoms with E-state index in [4.69, 9.17) is 37.7 Å². The van der Waals surface area contributed by atoms with Gasteiger partial charge in [-0.15, -0.1) is 0 Å². The van der Waals surface area contributed by atoms with E-state index in [1.54, 1.807) is 66.7 Å². The molecule has 0 N–H and O–H groups in total. The second kappa shape index (κ2) is 13.0. The molecule has 0 aliphatic heterocycles. The lowest BCUT2D eigenvalue weighted by atomic mass is 9.99. The van der Waals surface area contributed by atoms with Gasteiger partial charge in [-0.25, -0.2) is 15.0 Å². The minimum atomic E-state index is -0.735. The number of fused-ring (bicyclic) bond motifs is 6. The second-order valence-corrected chi connectivity index (χ2v) is 12.5. The van der Waals surface area contributed by atoms with E-state index in [0.29, 0.717) is 22.3 Å². The van der Waals surface area contributed by atoms with E-state index in [0.717, 1.165) is 0 Å². The third kappa shape index (κ3) is 5.37. The van der Waals surface area contributed by atoms with E-state index in [2.05, 4.69) is 4.98 Å². The number of hydrogen-bond acceptors (Lipinski definition) is 4. The molecule has 8 aromatic carbocycles. The Morgan fingerprint density at radius 2 is 1.05 bits per heavy atom. The van der Waals surface area contributed by atoms with Gasteiger partial charge in [-0.1, -0.05) is 151 Å². The fourth-order valence-electron chi connectivity index (χ4n) is 6.69. The first-order valence-electron chi connectivity index (χ1n) is 27.1. The molecule has 5 nitrogen and oxygen atoms in total. The van der Waals surface area contributed by atoms with E-state index in [-0.39, 0.29) is 72.9 Å². The van der Waals surface area contributed by atoms with E-state index in [9.17, 15) is 4.11 Å². The van der Waals surface area contributed by atoms with Crippen LogP contribution in [0.4, 0.5) is 0 Å². The van der Waals surface area contributed by atoms with Crippen molar-refractivity contribution in [1.29, 1.82) is 0 Å². The lowest BCUT2D eigenvalue weighted by Gasteiger charge is -2.11. The molecule has 0 atom stereocenters. The average molecular weight is 737 g/mol. The molecule has 262 valence electrons. The molecule has 5 heteroatoms. The second-order valence-electron chi connectivity index (χ2n) is 12.5. The molecule has 56 heavy (non-hydrogen) atoms. The third-order valence-electron chi connectivity index (χ3n) is 9.25. The van der Waals surface area contributed by atoms with E-state index in [1.165, 1.54) is 10.6 Å². The normalized spacial score (nSPS) is 16.6. The first kappa shape index (κ1) is 17.7. The van der Waals surface area contributed by atoms with Crippen LogP contribution >= 0.6 is 0 Å². The van der Waals surface area contributed by atoms with Crippen LogP contribution < -0.4 is 0 Å². The Hall–Kier alpha value is -7.63. The summed E-state index contributed by atoms with van der Waals surface area (Å²) in [5.41, 5.74) is -0.254. The van der Waals surface area contributed by atoms with Gasteiger partial charge in [0.1, 0.15) is 11.2 Å². The summed E-state index contributed by atoms with van der Waals surface area (Å²) in [7, 11) is 0. The molecule has 0 saturated carbocycles.